The zero-order valence-corrected chi connectivity index (χ0v) is 17.8. The summed E-state index contributed by atoms with van der Waals surface area (Å²) in [5.41, 5.74) is 0.753. The number of likely N-dealkylation sites (N-methyl/N-ethyl adjacent to an activating group) is 1. The maximum Gasteiger partial charge on any atom is 0.298 e. The van der Waals surface area contributed by atoms with Gasteiger partial charge in [0, 0.05) is 32.5 Å². The molecule has 0 saturated carbocycles. The van der Waals surface area contributed by atoms with Crippen molar-refractivity contribution in [1.29, 1.82) is 0 Å². The van der Waals surface area contributed by atoms with Crippen molar-refractivity contribution in [2.45, 2.75) is 31.5 Å². The van der Waals surface area contributed by atoms with E-state index in [4.69, 9.17) is 0 Å². The van der Waals surface area contributed by atoms with Crippen molar-refractivity contribution in [3.63, 3.8) is 0 Å². The lowest BCUT2D eigenvalue weighted by atomic mass is 9.97. The van der Waals surface area contributed by atoms with Gasteiger partial charge in [0.15, 0.2) is 6.04 Å². The van der Waals surface area contributed by atoms with Crippen molar-refractivity contribution in [3.8, 4) is 0 Å². The fourth-order valence-electron chi connectivity index (χ4n) is 3.83. The Morgan fingerprint density at radius 1 is 1.21 bits per heavy atom. The second-order valence-electron chi connectivity index (χ2n) is 7.72. The highest BCUT2D eigenvalue weighted by Gasteiger charge is 2.45. The van der Waals surface area contributed by atoms with Crippen LogP contribution in [0.15, 0.2) is 47.8 Å². The third kappa shape index (κ3) is 4.47. The second-order valence-corrected chi connectivity index (χ2v) is 7.72. The molecule has 0 bridgehead atoms. The van der Waals surface area contributed by atoms with Crippen LogP contribution in [0.4, 0.5) is 4.39 Å². The minimum Gasteiger partial charge on any atom is -0.350 e. The summed E-state index contributed by atoms with van der Waals surface area (Å²) in [5, 5.41) is 2.57. The van der Waals surface area contributed by atoms with E-state index in [9.17, 15) is 23.6 Å². The van der Waals surface area contributed by atoms with E-state index in [1.165, 1.54) is 52.7 Å². The molecule has 4 rings (SSSR count). The van der Waals surface area contributed by atoms with Crippen LogP contribution in [0.25, 0.3) is 0 Å². The van der Waals surface area contributed by atoms with E-state index in [0.717, 1.165) is 0 Å². The topological polar surface area (TPSA) is 125 Å². The predicted octanol–water partition coefficient (Wildman–Crippen LogP) is 0.345. The van der Waals surface area contributed by atoms with Crippen molar-refractivity contribution in [3.05, 3.63) is 59.9 Å². The highest BCUT2D eigenvalue weighted by molar-refractivity contribution is 6.46. The molecule has 1 saturated heterocycles. The van der Waals surface area contributed by atoms with Crippen LogP contribution in [-0.2, 0) is 20.9 Å². The maximum atomic E-state index is 13.1. The number of Topliss-reactive ketones (excluding diaryl/α,β-unsaturated/α-hetero) is 1. The minimum absolute atomic E-state index is 0.0418. The lowest BCUT2D eigenvalue weighted by molar-refractivity contribution is -0.146. The Morgan fingerprint density at radius 2 is 1.97 bits per heavy atom. The van der Waals surface area contributed by atoms with Gasteiger partial charge < -0.3 is 10.2 Å². The standard InChI is InChI=1S/C22H21FN6O4/c1-28(21(32)15-12-24-8-9-25-15)16-3-2-10-29-19(16)27-17(18(30)22(29)33)20(31)26-11-13-4-6-14(23)7-5-13/h4-9,12,16-17H,2-3,10-11H2,1H3,(H,26,31). The molecule has 33 heavy (non-hydrogen) atoms. The molecule has 3 heterocycles. The smallest absolute Gasteiger partial charge is 0.298 e. The van der Waals surface area contributed by atoms with E-state index in [2.05, 4.69) is 20.3 Å². The summed E-state index contributed by atoms with van der Waals surface area (Å²) >= 11 is 0. The molecule has 2 aromatic rings. The number of hydrogen-bond acceptors (Lipinski definition) is 7. The van der Waals surface area contributed by atoms with Crippen molar-refractivity contribution in [2.75, 3.05) is 13.6 Å². The van der Waals surface area contributed by atoms with Gasteiger partial charge in [-0.2, -0.15) is 0 Å². The number of benzene rings is 1. The molecule has 3 amide bonds. The number of amides is 3. The Morgan fingerprint density at radius 3 is 2.67 bits per heavy atom. The lowest BCUT2D eigenvalue weighted by Crippen LogP contribution is -2.61. The number of rotatable bonds is 5. The SMILES string of the molecule is CN(C(=O)c1cnccn1)C1CCCN2C(=O)C(=O)C(C(=O)NCc3ccc(F)cc3)N=C12. The number of aliphatic imine (C=N–C) groups is 1. The van der Waals surface area contributed by atoms with Crippen molar-refractivity contribution in [2.24, 2.45) is 4.99 Å². The molecule has 11 heteroatoms. The summed E-state index contributed by atoms with van der Waals surface area (Å²) < 4.78 is 13.1. The van der Waals surface area contributed by atoms with Gasteiger partial charge in [0.2, 0.25) is 0 Å². The van der Waals surface area contributed by atoms with E-state index in [-0.39, 0.29) is 24.6 Å². The number of nitrogens with zero attached hydrogens (tertiary/aromatic N) is 5. The molecule has 1 aromatic carbocycles. The third-order valence-corrected chi connectivity index (χ3v) is 5.60. The number of aromatic nitrogens is 2. The van der Waals surface area contributed by atoms with Crippen LogP contribution in [0.1, 0.15) is 28.9 Å². The van der Waals surface area contributed by atoms with Gasteiger partial charge in [-0.25, -0.2) is 14.4 Å². The van der Waals surface area contributed by atoms with E-state index < -0.39 is 41.4 Å². The molecule has 2 aliphatic rings. The molecule has 2 aliphatic heterocycles. The molecule has 10 nitrogen and oxygen atoms in total. The first-order valence-corrected chi connectivity index (χ1v) is 10.4. The number of carbonyl (C=O) groups is 4. The number of fused-ring (bicyclic) bond motifs is 1. The summed E-state index contributed by atoms with van der Waals surface area (Å²) in [7, 11) is 1.55. The zero-order chi connectivity index (χ0) is 23.5. The maximum absolute atomic E-state index is 13.1. The highest BCUT2D eigenvalue weighted by Crippen LogP contribution is 2.23. The Balaban J connectivity index is 1.56. The first-order chi connectivity index (χ1) is 15.9. The molecular weight excluding hydrogens is 431 g/mol. The van der Waals surface area contributed by atoms with Crippen LogP contribution in [0.5, 0.6) is 0 Å². The van der Waals surface area contributed by atoms with Crippen molar-refractivity contribution < 1.29 is 23.6 Å². The monoisotopic (exact) mass is 452 g/mol. The number of halogens is 1. The first-order valence-electron chi connectivity index (χ1n) is 10.4. The van der Waals surface area contributed by atoms with Crippen LogP contribution in [-0.4, -0.2) is 74.8 Å². The molecule has 2 atom stereocenters. The Kier molecular flexibility index (Phi) is 6.20. The molecule has 1 N–H and O–H groups in total. The Hall–Kier alpha value is -4.02. The Labute approximate surface area is 188 Å². The number of nitrogens with one attached hydrogen (secondary N) is 1. The van der Waals surface area contributed by atoms with Crippen LogP contribution in [0.3, 0.4) is 0 Å². The zero-order valence-electron chi connectivity index (χ0n) is 17.8. The van der Waals surface area contributed by atoms with Crippen molar-refractivity contribution in [1.82, 2.24) is 25.1 Å². The van der Waals surface area contributed by atoms with Crippen LogP contribution < -0.4 is 5.32 Å². The average Bonchev–Trinajstić information content (AvgIpc) is 2.85. The number of ketones is 1. The number of piperidine rings is 1. The van der Waals surface area contributed by atoms with Crippen LogP contribution >= 0.6 is 0 Å². The molecule has 0 spiro atoms. The van der Waals surface area contributed by atoms with Gasteiger partial charge in [0.05, 0.1) is 12.2 Å². The molecule has 1 aromatic heterocycles. The fourth-order valence-corrected chi connectivity index (χ4v) is 3.83. The minimum atomic E-state index is -1.55. The second kappa shape index (κ2) is 9.23. The number of carbonyl (C=O) groups excluding carboxylic acids is 4. The summed E-state index contributed by atoms with van der Waals surface area (Å²) in [6.45, 7) is 0.317. The Bertz CT molecular complexity index is 1120. The molecule has 1 fully saturated rings. The van der Waals surface area contributed by atoms with Crippen LogP contribution in [0, 0.1) is 5.82 Å². The number of hydrogen-bond donors (Lipinski definition) is 1. The van der Waals surface area contributed by atoms with E-state index in [0.29, 0.717) is 18.4 Å². The molecule has 170 valence electrons. The summed E-state index contributed by atoms with van der Waals surface area (Å²) in [6, 6.07) is 3.35. The van der Waals surface area contributed by atoms with Crippen molar-refractivity contribution >= 4 is 29.3 Å². The largest absolute Gasteiger partial charge is 0.350 e. The quantitative estimate of drug-likeness (QED) is 0.515. The van der Waals surface area contributed by atoms with Gasteiger partial charge in [-0.1, -0.05) is 12.1 Å². The molecular formula is C22H21FN6O4. The normalized spacial score (nSPS) is 20.1. The van der Waals surface area contributed by atoms with E-state index in [1.807, 2.05) is 0 Å². The predicted molar refractivity (Wildman–Crippen MR) is 113 cm³/mol. The van der Waals surface area contributed by atoms with Gasteiger partial charge in [-0.3, -0.25) is 29.1 Å². The van der Waals surface area contributed by atoms with Gasteiger partial charge in [-0.05, 0) is 30.5 Å². The molecule has 2 unspecified atom stereocenters. The van der Waals surface area contributed by atoms with Gasteiger partial charge in [0.25, 0.3) is 23.5 Å². The summed E-state index contributed by atoms with van der Waals surface area (Å²) in [6.07, 6.45) is 5.24. The van der Waals surface area contributed by atoms with E-state index >= 15 is 0 Å². The first kappa shape index (κ1) is 22.2. The molecule has 0 radical (unpaired) electrons. The fraction of sp³-hybridized carbons (Fsp3) is 0.318. The summed E-state index contributed by atoms with van der Waals surface area (Å²) in [5.74, 6) is -3.12. The lowest BCUT2D eigenvalue weighted by Gasteiger charge is -2.40. The van der Waals surface area contributed by atoms with Gasteiger partial charge in [-0.15, -0.1) is 0 Å². The summed E-state index contributed by atoms with van der Waals surface area (Å²) in [4.78, 5) is 65.8. The van der Waals surface area contributed by atoms with E-state index in [1.54, 1.807) is 7.05 Å². The molecule has 0 aliphatic carbocycles. The third-order valence-electron chi connectivity index (χ3n) is 5.60. The van der Waals surface area contributed by atoms with Crippen LogP contribution in [0.2, 0.25) is 0 Å². The van der Waals surface area contributed by atoms with Gasteiger partial charge >= 0.3 is 0 Å². The highest BCUT2D eigenvalue weighted by atomic mass is 19.1. The van der Waals surface area contributed by atoms with Gasteiger partial charge in [0.1, 0.15) is 17.3 Å². The average molecular weight is 452 g/mol. The number of amidine groups is 1.